The van der Waals surface area contributed by atoms with Gasteiger partial charge in [0.1, 0.15) is 11.5 Å². The van der Waals surface area contributed by atoms with Gasteiger partial charge in [0, 0.05) is 5.56 Å². The van der Waals surface area contributed by atoms with Crippen molar-refractivity contribution in [3.8, 4) is 28.9 Å². The standard InChI is InChI=1S/C22H17NO5/c1-26-20-9-7-16(12-21(20)27-2)17(13-23)11-18-8-10-19(28-18)14-3-5-15(6-4-14)22(24)25/h3-12H,1-2H3,(H,24,25)/p-1/b17-11+. The summed E-state index contributed by atoms with van der Waals surface area (Å²) in [5.41, 5.74) is 1.87. The fourth-order valence-electron chi connectivity index (χ4n) is 2.68. The molecular weight excluding hydrogens is 358 g/mol. The number of methoxy groups -OCH3 is 2. The van der Waals surface area contributed by atoms with Crippen molar-refractivity contribution in [3.63, 3.8) is 0 Å². The largest absolute Gasteiger partial charge is 0.545 e. The lowest BCUT2D eigenvalue weighted by Crippen LogP contribution is -2.21. The van der Waals surface area contributed by atoms with Crippen molar-refractivity contribution in [3.05, 3.63) is 71.5 Å². The molecule has 6 nitrogen and oxygen atoms in total. The fourth-order valence-corrected chi connectivity index (χ4v) is 2.68. The summed E-state index contributed by atoms with van der Waals surface area (Å²) >= 11 is 0. The van der Waals surface area contributed by atoms with Crippen LogP contribution in [-0.2, 0) is 0 Å². The van der Waals surface area contributed by atoms with E-state index in [-0.39, 0.29) is 5.56 Å². The smallest absolute Gasteiger partial charge is 0.161 e. The van der Waals surface area contributed by atoms with Crippen LogP contribution in [0.5, 0.6) is 11.5 Å². The molecule has 3 rings (SSSR count). The summed E-state index contributed by atoms with van der Waals surface area (Å²) in [6.45, 7) is 0. The predicted molar refractivity (Wildman–Crippen MR) is 102 cm³/mol. The second-order valence-corrected chi connectivity index (χ2v) is 5.81. The van der Waals surface area contributed by atoms with Gasteiger partial charge in [0.2, 0.25) is 0 Å². The third-order valence-corrected chi connectivity index (χ3v) is 4.13. The lowest BCUT2D eigenvalue weighted by Gasteiger charge is -2.08. The number of ether oxygens (including phenoxy) is 2. The number of hydrogen-bond donors (Lipinski definition) is 0. The lowest BCUT2D eigenvalue weighted by molar-refractivity contribution is -0.255. The number of carbonyl (C=O) groups excluding carboxylic acids is 1. The number of allylic oxidation sites excluding steroid dienone is 1. The first-order valence-electron chi connectivity index (χ1n) is 8.31. The van der Waals surface area contributed by atoms with Crippen molar-refractivity contribution in [2.24, 2.45) is 0 Å². The second-order valence-electron chi connectivity index (χ2n) is 5.81. The number of nitrogens with zero attached hydrogens (tertiary/aromatic N) is 1. The lowest BCUT2D eigenvalue weighted by atomic mass is 10.1. The quantitative estimate of drug-likeness (QED) is 0.614. The number of aromatic carboxylic acids is 1. The Kier molecular flexibility index (Phi) is 5.47. The average Bonchev–Trinajstić information content (AvgIpc) is 3.20. The molecule has 0 bridgehead atoms. The highest BCUT2D eigenvalue weighted by Gasteiger charge is 2.10. The van der Waals surface area contributed by atoms with Gasteiger partial charge in [-0.3, -0.25) is 0 Å². The van der Waals surface area contributed by atoms with E-state index in [9.17, 15) is 15.2 Å². The third kappa shape index (κ3) is 3.89. The number of furan rings is 1. The van der Waals surface area contributed by atoms with E-state index in [0.717, 1.165) is 0 Å². The van der Waals surface area contributed by atoms with Crippen molar-refractivity contribution in [2.45, 2.75) is 0 Å². The second kappa shape index (κ2) is 8.14. The van der Waals surface area contributed by atoms with E-state index in [1.807, 2.05) is 0 Å². The first kappa shape index (κ1) is 18.8. The van der Waals surface area contributed by atoms with Crippen LogP contribution in [0, 0.1) is 11.3 Å². The Morgan fingerprint density at radius 1 is 1.00 bits per heavy atom. The van der Waals surface area contributed by atoms with Crippen LogP contribution in [0.15, 0.2) is 59.0 Å². The molecular formula is C22H16NO5-. The monoisotopic (exact) mass is 374 g/mol. The predicted octanol–water partition coefficient (Wildman–Crippen LogP) is 3.39. The van der Waals surface area contributed by atoms with Gasteiger partial charge in [-0.25, -0.2) is 0 Å². The molecule has 0 aliphatic carbocycles. The molecule has 3 aromatic rings. The number of carboxylic acid groups (broad SMARTS) is 1. The van der Waals surface area contributed by atoms with Gasteiger partial charge in [0.25, 0.3) is 0 Å². The molecule has 28 heavy (non-hydrogen) atoms. The number of carboxylic acids is 1. The van der Waals surface area contributed by atoms with Crippen molar-refractivity contribution in [2.75, 3.05) is 14.2 Å². The normalized spacial score (nSPS) is 11.0. The number of benzene rings is 2. The van der Waals surface area contributed by atoms with Gasteiger partial charge in [0.15, 0.2) is 11.5 Å². The molecule has 2 aromatic carbocycles. The average molecular weight is 374 g/mol. The topological polar surface area (TPSA) is 95.5 Å². The van der Waals surface area contributed by atoms with Crippen molar-refractivity contribution >= 4 is 17.6 Å². The Balaban J connectivity index is 1.90. The molecule has 0 aliphatic heterocycles. The highest BCUT2D eigenvalue weighted by Crippen LogP contribution is 2.31. The zero-order chi connectivity index (χ0) is 20.1. The van der Waals surface area contributed by atoms with Crippen LogP contribution >= 0.6 is 0 Å². The molecule has 0 amide bonds. The molecule has 0 unspecified atom stereocenters. The molecule has 0 N–H and O–H groups in total. The van der Waals surface area contributed by atoms with Crippen molar-refractivity contribution in [1.82, 2.24) is 0 Å². The van der Waals surface area contributed by atoms with E-state index < -0.39 is 5.97 Å². The van der Waals surface area contributed by atoms with Crippen LogP contribution in [0.3, 0.4) is 0 Å². The maximum Gasteiger partial charge on any atom is 0.161 e. The Labute approximate surface area is 161 Å². The van der Waals surface area contributed by atoms with Crippen LogP contribution < -0.4 is 14.6 Å². The molecule has 0 radical (unpaired) electrons. The van der Waals surface area contributed by atoms with Gasteiger partial charge >= 0.3 is 0 Å². The highest BCUT2D eigenvalue weighted by molar-refractivity contribution is 5.89. The molecule has 0 fully saturated rings. The summed E-state index contributed by atoms with van der Waals surface area (Å²) in [7, 11) is 3.07. The van der Waals surface area contributed by atoms with E-state index in [1.54, 1.807) is 55.7 Å². The Hall–Kier alpha value is -3.98. The van der Waals surface area contributed by atoms with Crippen LogP contribution in [0.4, 0.5) is 0 Å². The minimum absolute atomic E-state index is 0.0932. The van der Waals surface area contributed by atoms with Gasteiger partial charge < -0.3 is 23.8 Å². The molecule has 6 heteroatoms. The first-order chi connectivity index (χ1) is 13.5. The third-order valence-electron chi connectivity index (χ3n) is 4.13. The molecule has 0 saturated heterocycles. The summed E-state index contributed by atoms with van der Waals surface area (Å²) in [5.74, 6) is 0.910. The van der Waals surface area contributed by atoms with Crippen molar-refractivity contribution < 1.29 is 23.8 Å². The van der Waals surface area contributed by atoms with Crippen LogP contribution in [-0.4, -0.2) is 20.2 Å². The number of carbonyl (C=O) groups is 1. The molecule has 0 atom stereocenters. The zero-order valence-corrected chi connectivity index (χ0v) is 15.3. The van der Waals surface area contributed by atoms with Crippen LogP contribution in [0.1, 0.15) is 21.7 Å². The number of nitriles is 1. The molecule has 1 aromatic heterocycles. The SMILES string of the molecule is COc1ccc(/C(C#N)=C/c2ccc(-c3ccc(C(=O)[O-])cc3)o2)cc1OC. The minimum atomic E-state index is -1.23. The molecule has 0 aliphatic rings. The van der Waals surface area contributed by atoms with Crippen LogP contribution in [0.25, 0.3) is 23.0 Å². The maximum absolute atomic E-state index is 10.8. The van der Waals surface area contributed by atoms with E-state index in [4.69, 9.17) is 13.9 Å². The summed E-state index contributed by atoms with van der Waals surface area (Å²) < 4.78 is 16.3. The molecule has 0 spiro atoms. The Morgan fingerprint density at radius 2 is 1.68 bits per heavy atom. The van der Waals surface area contributed by atoms with Gasteiger partial charge in [0.05, 0.1) is 31.8 Å². The van der Waals surface area contributed by atoms with Gasteiger partial charge in [-0.15, -0.1) is 0 Å². The Bertz CT molecular complexity index is 1070. The van der Waals surface area contributed by atoms with Crippen LogP contribution in [0.2, 0.25) is 0 Å². The molecule has 0 saturated carbocycles. The van der Waals surface area contributed by atoms with Gasteiger partial charge in [-0.1, -0.05) is 24.3 Å². The summed E-state index contributed by atoms with van der Waals surface area (Å²) in [5, 5.41) is 20.4. The Morgan fingerprint density at radius 3 is 2.29 bits per heavy atom. The fraction of sp³-hybridized carbons (Fsp3) is 0.0909. The van der Waals surface area contributed by atoms with E-state index in [1.165, 1.54) is 19.2 Å². The minimum Gasteiger partial charge on any atom is -0.545 e. The molecule has 1 heterocycles. The summed E-state index contributed by atoms with van der Waals surface area (Å²) in [6.07, 6.45) is 1.63. The maximum atomic E-state index is 10.8. The first-order valence-corrected chi connectivity index (χ1v) is 8.31. The van der Waals surface area contributed by atoms with E-state index in [0.29, 0.717) is 39.7 Å². The van der Waals surface area contributed by atoms with E-state index in [2.05, 4.69) is 6.07 Å². The van der Waals surface area contributed by atoms with E-state index >= 15 is 0 Å². The highest BCUT2D eigenvalue weighted by atomic mass is 16.5. The van der Waals surface area contributed by atoms with Crippen molar-refractivity contribution in [1.29, 1.82) is 5.26 Å². The van der Waals surface area contributed by atoms with Gasteiger partial charge in [-0.05, 0) is 47.5 Å². The summed E-state index contributed by atoms with van der Waals surface area (Å²) in [4.78, 5) is 10.8. The number of hydrogen-bond acceptors (Lipinski definition) is 6. The van der Waals surface area contributed by atoms with Gasteiger partial charge in [-0.2, -0.15) is 5.26 Å². The number of rotatable bonds is 6. The molecule has 140 valence electrons. The summed E-state index contributed by atoms with van der Waals surface area (Å²) in [6, 6.07) is 17.0. The zero-order valence-electron chi connectivity index (χ0n) is 15.3.